The highest BCUT2D eigenvalue weighted by Crippen LogP contribution is 2.15. The highest BCUT2D eigenvalue weighted by atomic mass is 16.6. The van der Waals surface area contributed by atoms with Gasteiger partial charge in [0.05, 0.1) is 12.6 Å². The van der Waals surface area contributed by atoms with Gasteiger partial charge in [0.15, 0.2) is 11.9 Å². The van der Waals surface area contributed by atoms with Crippen LogP contribution in [0.4, 0.5) is 5.88 Å². The van der Waals surface area contributed by atoms with Crippen LogP contribution in [0.5, 0.6) is 0 Å². The van der Waals surface area contributed by atoms with Gasteiger partial charge in [0.25, 0.3) is 5.91 Å². The fourth-order valence-electron chi connectivity index (χ4n) is 0.912. The summed E-state index contributed by atoms with van der Waals surface area (Å²) in [5.41, 5.74) is 0. The monoisotopic (exact) mass is 244 g/mol. The molecule has 0 spiro atoms. The van der Waals surface area contributed by atoms with Crippen molar-refractivity contribution in [2.45, 2.75) is 6.10 Å². The molecule has 0 aliphatic carbocycles. The van der Waals surface area contributed by atoms with E-state index >= 15 is 0 Å². The number of rotatable bonds is 5. The third-order valence-electron chi connectivity index (χ3n) is 1.74. The molecule has 0 radical (unpaired) electrons. The van der Waals surface area contributed by atoms with Gasteiger partial charge in [-0.25, -0.2) is 4.79 Å². The second-order valence-electron chi connectivity index (χ2n) is 2.96. The first-order valence-electron chi connectivity index (χ1n) is 4.35. The third-order valence-corrected chi connectivity index (χ3v) is 1.74. The Morgan fingerprint density at radius 3 is 2.65 bits per heavy atom. The molecule has 0 saturated carbocycles. The Balaban J connectivity index is 2.58. The molecule has 1 unspecified atom stereocenters. The van der Waals surface area contributed by atoms with Gasteiger partial charge in [-0.3, -0.25) is 14.9 Å². The van der Waals surface area contributed by atoms with Crippen LogP contribution < -0.4 is 5.32 Å². The van der Waals surface area contributed by atoms with Gasteiger partial charge in [-0.05, 0) is 6.07 Å². The molecule has 1 aromatic heterocycles. The summed E-state index contributed by atoms with van der Waals surface area (Å²) < 4.78 is 4.56. The minimum Gasteiger partial charge on any atom is -0.479 e. The average molecular weight is 244 g/mol. The number of carbonyl (C=O) groups excluding carboxylic acids is 1. The highest BCUT2D eigenvalue weighted by molar-refractivity contribution is 5.92. The molecule has 17 heavy (non-hydrogen) atoms. The zero-order valence-electron chi connectivity index (χ0n) is 8.32. The maximum Gasteiger partial charge on any atom is 0.433 e. The molecule has 1 amide bonds. The van der Waals surface area contributed by atoms with Crippen molar-refractivity contribution in [1.82, 2.24) is 5.32 Å². The van der Waals surface area contributed by atoms with E-state index in [4.69, 9.17) is 10.2 Å². The van der Waals surface area contributed by atoms with Crippen LogP contribution in [0.3, 0.4) is 0 Å². The molecule has 0 aliphatic heterocycles. The first kappa shape index (κ1) is 12.6. The number of hydrogen-bond donors (Lipinski definition) is 3. The van der Waals surface area contributed by atoms with Gasteiger partial charge < -0.3 is 19.9 Å². The van der Waals surface area contributed by atoms with Gasteiger partial charge in [0.2, 0.25) is 0 Å². The van der Waals surface area contributed by atoms with Gasteiger partial charge in [-0.15, -0.1) is 0 Å². The van der Waals surface area contributed by atoms with Crippen LogP contribution in [-0.4, -0.2) is 39.7 Å². The SMILES string of the molecule is O=C(NCC(O)C(=O)O)c1ccc([N+](=O)[O-])o1. The topological polar surface area (TPSA) is 143 Å². The van der Waals surface area contributed by atoms with E-state index in [1.165, 1.54) is 0 Å². The number of hydrogen-bond acceptors (Lipinski definition) is 6. The number of aliphatic hydroxyl groups excluding tert-OH is 1. The van der Waals surface area contributed by atoms with Crippen molar-refractivity contribution in [2.24, 2.45) is 0 Å². The number of nitrogens with zero attached hydrogens (tertiary/aromatic N) is 1. The van der Waals surface area contributed by atoms with Gasteiger partial charge in [0.1, 0.15) is 4.92 Å². The lowest BCUT2D eigenvalue weighted by molar-refractivity contribution is -0.402. The van der Waals surface area contributed by atoms with E-state index in [2.05, 4.69) is 4.42 Å². The molecule has 92 valence electrons. The van der Waals surface area contributed by atoms with E-state index in [1.807, 2.05) is 5.32 Å². The number of aliphatic hydroxyl groups is 1. The number of carbonyl (C=O) groups is 2. The van der Waals surface area contributed by atoms with E-state index in [0.717, 1.165) is 12.1 Å². The summed E-state index contributed by atoms with van der Waals surface area (Å²) in [6.45, 7) is -0.525. The van der Waals surface area contributed by atoms with Crippen molar-refractivity contribution in [3.05, 3.63) is 28.0 Å². The number of furan rings is 1. The van der Waals surface area contributed by atoms with Crippen LogP contribution in [0.2, 0.25) is 0 Å². The molecule has 1 heterocycles. The molecule has 1 atom stereocenters. The molecule has 0 fully saturated rings. The standard InChI is InChI=1S/C8H8N2O7/c11-4(8(13)14)3-9-7(12)5-1-2-6(17-5)10(15)16/h1-2,4,11H,3H2,(H,9,12)(H,13,14). The molecule has 0 aliphatic rings. The van der Waals surface area contributed by atoms with Crippen molar-refractivity contribution in [1.29, 1.82) is 0 Å². The summed E-state index contributed by atoms with van der Waals surface area (Å²) in [5, 5.41) is 29.5. The number of aliphatic carboxylic acids is 1. The lowest BCUT2D eigenvalue weighted by Gasteiger charge is -2.05. The normalized spacial score (nSPS) is 11.8. The lowest BCUT2D eigenvalue weighted by Crippen LogP contribution is -2.36. The Kier molecular flexibility index (Phi) is 3.78. The highest BCUT2D eigenvalue weighted by Gasteiger charge is 2.19. The van der Waals surface area contributed by atoms with Gasteiger partial charge in [0, 0.05) is 0 Å². The summed E-state index contributed by atoms with van der Waals surface area (Å²) in [6.07, 6.45) is -1.75. The van der Waals surface area contributed by atoms with Gasteiger partial charge >= 0.3 is 11.9 Å². The summed E-state index contributed by atoms with van der Waals surface area (Å²) in [7, 11) is 0. The first-order valence-corrected chi connectivity index (χ1v) is 4.35. The van der Waals surface area contributed by atoms with E-state index in [9.17, 15) is 19.7 Å². The van der Waals surface area contributed by atoms with Crippen molar-refractivity contribution in [3.8, 4) is 0 Å². The molecule has 1 rings (SSSR count). The molecule has 1 aromatic rings. The van der Waals surface area contributed by atoms with Crippen LogP contribution in [0.1, 0.15) is 10.6 Å². The Labute approximate surface area is 93.8 Å². The average Bonchev–Trinajstić information content (AvgIpc) is 2.74. The maximum atomic E-state index is 11.3. The predicted molar refractivity (Wildman–Crippen MR) is 51.3 cm³/mol. The molecular formula is C8H8N2O7. The Morgan fingerprint density at radius 1 is 1.53 bits per heavy atom. The zero-order chi connectivity index (χ0) is 13.0. The fourth-order valence-corrected chi connectivity index (χ4v) is 0.912. The van der Waals surface area contributed by atoms with Crippen LogP contribution in [-0.2, 0) is 4.79 Å². The second kappa shape index (κ2) is 5.07. The first-order chi connectivity index (χ1) is 7.91. The van der Waals surface area contributed by atoms with E-state index in [-0.39, 0.29) is 5.76 Å². The van der Waals surface area contributed by atoms with Gasteiger partial charge in [-0.2, -0.15) is 0 Å². The fraction of sp³-hybridized carbons (Fsp3) is 0.250. The lowest BCUT2D eigenvalue weighted by atomic mass is 10.3. The second-order valence-corrected chi connectivity index (χ2v) is 2.96. The van der Waals surface area contributed by atoms with Crippen molar-refractivity contribution in [2.75, 3.05) is 6.54 Å². The maximum absolute atomic E-state index is 11.3. The van der Waals surface area contributed by atoms with Crippen LogP contribution in [0.25, 0.3) is 0 Å². The minimum atomic E-state index is -1.75. The molecule has 3 N–H and O–H groups in total. The number of carboxylic acid groups (broad SMARTS) is 1. The summed E-state index contributed by atoms with van der Waals surface area (Å²) in [5.74, 6) is -3.28. The largest absolute Gasteiger partial charge is 0.479 e. The minimum absolute atomic E-state index is 0.339. The molecule has 9 nitrogen and oxygen atoms in total. The predicted octanol–water partition coefficient (Wildman–Crippen LogP) is -0.637. The molecule has 9 heteroatoms. The Bertz CT molecular complexity index is 452. The molecule has 0 bridgehead atoms. The number of nitrogens with one attached hydrogen (secondary N) is 1. The Hall–Kier alpha value is -2.42. The number of carboxylic acids is 1. The van der Waals surface area contributed by atoms with Crippen molar-refractivity contribution < 1.29 is 29.1 Å². The third kappa shape index (κ3) is 3.28. The van der Waals surface area contributed by atoms with E-state index in [1.54, 1.807) is 0 Å². The summed E-state index contributed by atoms with van der Waals surface area (Å²) >= 11 is 0. The summed E-state index contributed by atoms with van der Waals surface area (Å²) in [6, 6.07) is 2.06. The van der Waals surface area contributed by atoms with Crippen molar-refractivity contribution in [3.63, 3.8) is 0 Å². The molecular weight excluding hydrogens is 236 g/mol. The zero-order valence-corrected chi connectivity index (χ0v) is 8.32. The van der Waals surface area contributed by atoms with Crippen LogP contribution in [0.15, 0.2) is 16.5 Å². The van der Waals surface area contributed by atoms with E-state index in [0.29, 0.717) is 0 Å². The number of amides is 1. The molecule has 0 aromatic carbocycles. The van der Waals surface area contributed by atoms with E-state index < -0.39 is 35.3 Å². The van der Waals surface area contributed by atoms with Gasteiger partial charge in [-0.1, -0.05) is 0 Å². The van der Waals surface area contributed by atoms with Crippen molar-refractivity contribution >= 4 is 17.8 Å². The molecule has 0 saturated heterocycles. The number of nitro groups is 1. The smallest absolute Gasteiger partial charge is 0.433 e. The quantitative estimate of drug-likeness (QED) is 0.461. The summed E-state index contributed by atoms with van der Waals surface area (Å²) in [4.78, 5) is 30.9. The van der Waals surface area contributed by atoms with Crippen LogP contribution in [0, 0.1) is 10.1 Å². The Morgan fingerprint density at radius 2 is 2.18 bits per heavy atom. The van der Waals surface area contributed by atoms with Crippen LogP contribution >= 0.6 is 0 Å².